The largest absolute Gasteiger partial charge is 0.399 e. The van der Waals surface area contributed by atoms with Crippen LogP contribution in [-0.4, -0.2) is 6.54 Å². The molecular formula is C9H15N3. The van der Waals surface area contributed by atoms with Gasteiger partial charge in [0.15, 0.2) is 0 Å². The second-order valence-electron chi connectivity index (χ2n) is 2.96. The van der Waals surface area contributed by atoms with Crippen molar-refractivity contribution in [3.05, 3.63) is 29.3 Å². The molecule has 12 heavy (non-hydrogen) atoms. The summed E-state index contributed by atoms with van der Waals surface area (Å²) in [6.45, 7) is 2.45. The molecule has 1 atom stereocenters. The van der Waals surface area contributed by atoms with Crippen LogP contribution in [0.3, 0.4) is 0 Å². The Morgan fingerprint density at radius 3 is 2.58 bits per heavy atom. The van der Waals surface area contributed by atoms with E-state index in [2.05, 4.69) is 0 Å². The van der Waals surface area contributed by atoms with Crippen LogP contribution in [0, 0.1) is 6.92 Å². The number of anilines is 1. The molecule has 0 spiro atoms. The molecule has 0 unspecified atom stereocenters. The summed E-state index contributed by atoms with van der Waals surface area (Å²) in [6.07, 6.45) is 0. The molecule has 0 saturated carbocycles. The van der Waals surface area contributed by atoms with E-state index in [1.165, 1.54) is 0 Å². The van der Waals surface area contributed by atoms with Crippen LogP contribution < -0.4 is 17.2 Å². The van der Waals surface area contributed by atoms with Gasteiger partial charge >= 0.3 is 0 Å². The van der Waals surface area contributed by atoms with Crippen molar-refractivity contribution in [3.8, 4) is 0 Å². The van der Waals surface area contributed by atoms with E-state index < -0.39 is 0 Å². The van der Waals surface area contributed by atoms with Gasteiger partial charge in [-0.05, 0) is 30.2 Å². The van der Waals surface area contributed by atoms with Gasteiger partial charge in [-0.3, -0.25) is 0 Å². The van der Waals surface area contributed by atoms with E-state index in [1.54, 1.807) is 0 Å². The Morgan fingerprint density at radius 2 is 2.08 bits per heavy atom. The Bertz CT molecular complexity index is 270. The van der Waals surface area contributed by atoms with Crippen LogP contribution >= 0.6 is 0 Å². The molecule has 1 aromatic rings. The molecule has 0 aliphatic carbocycles. The topological polar surface area (TPSA) is 78.1 Å². The standard InChI is InChI=1S/C9H15N3/c1-6-4-7(11)2-3-8(6)9(12)5-10/h2-4,9H,5,10-12H2,1H3/t9-/m0/s1. The summed E-state index contributed by atoms with van der Waals surface area (Å²) in [5, 5.41) is 0. The first-order chi connectivity index (χ1) is 5.65. The van der Waals surface area contributed by atoms with Gasteiger partial charge in [-0.1, -0.05) is 6.07 Å². The highest BCUT2D eigenvalue weighted by atomic mass is 14.7. The maximum atomic E-state index is 5.78. The Kier molecular flexibility index (Phi) is 2.68. The quantitative estimate of drug-likeness (QED) is 0.559. The third kappa shape index (κ3) is 1.75. The fraction of sp³-hybridized carbons (Fsp3) is 0.333. The molecule has 0 heterocycles. The second kappa shape index (κ2) is 3.56. The van der Waals surface area contributed by atoms with E-state index in [1.807, 2.05) is 25.1 Å². The highest BCUT2D eigenvalue weighted by molar-refractivity contribution is 5.45. The molecular weight excluding hydrogens is 150 g/mol. The molecule has 0 fully saturated rings. The number of nitrogens with two attached hydrogens (primary N) is 3. The van der Waals surface area contributed by atoms with Crippen LogP contribution in [0.1, 0.15) is 17.2 Å². The van der Waals surface area contributed by atoms with Crippen LogP contribution in [0.15, 0.2) is 18.2 Å². The van der Waals surface area contributed by atoms with E-state index in [9.17, 15) is 0 Å². The van der Waals surface area contributed by atoms with E-state index in [0.29, 0.717) is 6.54 Å². The zero-order chi connectivity index (χ0) is 9.14. The number of benzene rings is 1. The molecule has 0 bridgehead atoms. The van der Waals surface area contributed by atoms with Crippen LogP contribution in [-0.2, 0) is 0 Å². The fourth-order valence-corrected chi connectivity index (χ4v) is 1.24. The highest BCUT2D eigenvalue weighted by Crippen LogP contribution is 2.17. The monoisotopic (exact) mass is 165 g/mol. The van der Waals surface area contributed by atoms with Crippen LogP contribution in [0.5, 0.6) is 0 Å². The molecule has 3 nitrogen and oxygen atoms in total. The summed E-state index contributed by atoms with van der Waals surface area (Å²) >= 11 is 0. The van der Waals surface area contributed by atoms with Gasteiger partial charge in [0, 0.05) is 18.3 Å². The lowest BCUT2D eigenvalue weighted by molar-refractivity contribution is 0.732. The van der Waals surface area contributed by atoms with Gasteiger partial charge in [-0.2, -0.15) is 0 Å². The lowest BCUT2D eigenvalue weighted by Gasteiger charge is -2.12. The average Bonchev–Trinajstić information content (AvgIpc) is 2.03. The van der Waals surface area contributed by atoms with Gasteiger partial charge in [0.05, 0.1) is 0 Å². The second-order valence-corrected chi connectivity index (χ2v) is 2.96. The normalized spacial score (nSPS) is 12.9. The zero-order valence-electron chi connectivity index (χ0n) is 7.25. The first kappa shape index (κ1) is 9.03. The maximum absolute atomic E-state index is 5.78. The van der Waals surface area contributed by atoms with Crippen molar-refractivity contribution in [2.75, 3.05) is 12.3 Å². The smallest absolute Gasteiger partial charge is 0.0422 e. The molecule has 1 aromatic carbocycles. The molecule has 0 amide bonds. The molecule has 6 N–H and O–H groups in total. The highest BCUT2D eigenvalue weighted by Gasteiger charge is 2.05. The van der Waals surface area contributed by atoms with E-state index in [-0.39, 0.29) is 6.04 Å². The van der Waals surface area contributed by atoms with Crippen molar-refractivity contribution in [3.63, 3.8) is 0 Å². The van der Waals surface area contributed by atoms with Crippen molar-refractivity contribution in [1.29, 1.82) is 0 Å². The van der Waals surface area contributed by atoms with Crippen molar-refractivity contribution in [1.82, 2.24) is 0 Å². The minimum atomic E-state index is -0.0781. The van der Waals surface area contributed by atoms with Crippen molar-refractivity contribution >= 4 is 5.69 Å². The van der Waals surface area contributed by atoms with Crippen molar-refractivity contribution < 1.29 is 0 Å². The van der Waals surface area contributed by atoms with Crippen molar-refractivity contribution in [2.45, 2.75) is 13.0 Å². The summed E-state index contributed by atoms with van der Waals surface area (Å²) < 4.78 is 0. The molecule has 1 rings (SSSR count). The molecule has 66 valence electrons. The Hall–Kier alpha value is -1.06. The van der Waals surface area contributed by atoms with Crippen LogP contribution in [0.2, 0.25) is 0 Å². The summed E-state index contributed by atoms with van der Waals surface area (Å²) in [7, 11) is 0. The Balaban J connectivity index is 3.01. The van der Waals surface area contributed by atoms with Gasteiger partial charge in [-0.25, -0.2) is 0 Å². The van der Waals surface area contributed by atoms with E-state index >= 15 is 0 Å². The van der Waals surface area contributed by atoms with Gasteiger partial charge in [-0.15, -0.1) is 0 Å². The Labute approximate surface area is 72.5 Å². The zero-order valence-corrected chi connectivity index (χ0v) is 7.25. The van der Waals surface area contributed by atoms with Gasteiger partial charge in [0.25, 0.3) is 0 Å². The lowest BCUT2D eigenvalue weighted by atomic mass is 10.0. The molecule has 0 aromatic heterocycles. The van der Waals surface area contributed by atoms with Crippen molar-refractivity contribution in [2.24, 2.45) is 11.5 Å². The maximum Gasteiger partial charge on any atom is 0.0422 e. The fourth-order valence-electron chi connectivity index (χ4n) is 1.24. The molecule has 0 aliphatic rings. The van der Waals surface area contributed by atoms with Crippen LogP contribution in [0.25, 0.3) is 0 Å². The summed E-state index contributed by atoms with van der Waals surface area (Å²) in [5.74, 6) is 0. The van der Waals surface area contributed by atoms with E-state index in [0.717, 1.165) is 16.8 Å². The minimum Gasteiger partial charge on any atom is -0.399 e. The predicted molar refractivity (Wildman–Crippen MR) is 51.6 cm³/mol. The van der Waals surface area contributed by atoms with Gasteiger partial charge < -0.3 is 17.2 Å². The summed E-state index contributed by atoms with van der Waals surface area (Å²) in [4.78, 5) is 0. The summed E-state index contributed by atoms with van der Waals surface area (Å²) in [5.41, 5.74) is 19.8. The Morgan fingerprint density at radius 1 is 1.42 bits per heavy atom. The first-order valence-electron chi connectivity index (χ1n) is 3.97. The average molecular weight is 165 g/mol. The SMILES string of the molecule is Cc1cc(N)ccc1[C@@H](N)CN. The molecule has 0 aliphatic heterocycles. The predicted octanol–water partition coefficient (Wildman–Crippen LogP) is 0.536. The lowest BCUT2D eigenvalue weighted by Crippen LogP contribution is -2.21. The molecule has 3 heteroatoms. The third-order valence-corrected chi connectivity index (χ3v) is 1.95. The molecule has 0 saturated heterocycles. The third-order valence-electron chi connectivity index (χ3n) is 1.95. The first-order valence-corrected chi connectivity index (χ1v) is 3.97. The van der Waals surface area contributed by atoms with E-state index in [4.69, 9.17) is 17.2 Å². The molecule has 0 radical (unpaired) electrons. The van der Waals surface area contributed by atoms with Crippen LogP contribution in [0.4, 0.5) is 5.69 Å². The number of rotatable bonds is 2. The minimum absolute atomic E-state index is 0.0781. The number of aryl methyl sites for hydroxylation is 1. The van der Waals surface area contributed by atoms with Gasteiger partial charge in [0.1, 0.15) is 0 Å². The van der Waals surface area contributed by atoms with Gasteiger partial charge in [0.2, 0.25) is 0 Å². The number of nitrogen functional groups attached to an aromatic ring is 1. The number of hydrogen-bond acceptors (Lipinski definition) is 3. The number of hydrogen-bond donors (Lipinski definition) is 3. The summed E-state index contributed by atoms with van der Waals surface area (Å²) in [6, 6.07) is 5.61.